The molecule has 0 heterocycles. The van der Waals surface area contributed by atoms with Gasteiger partial charge in [0.1, 0.15) is 5.82 Å². The highest BCUT2D eigenvalue weighted by Gasteiger charge is 2.19. The van der Waals surface area contributed by atoms with E-state index in [-0.39, 0.29) is 11.9 Å². The van der Waals surface area contributed by atoms with Crippen molar-refractivity contribution in [2.75, 3.05) is 13.6 Å². The first-order valence-electron chi connectivity index (χ1n) is 6.92. The van der Waals surface area contributed by atoms with E-state index < -0.39 is 0 Å². The summed E-state index contributed by atoms with van der Waals surface area (Å²) < 4.78 is 14.4. The van der Waals surface area contributed by atoms with Crippen LogP contribution in [-0.4, -0.2) is 18.5 Å². The van der Waals surface area contributed by atoms with Gasteiger partial charge in [-0.15, -0.1) is 0 Å². The standard InChI is InChI=1S/C17H20BrFN2/c1-12-4-3-5-13(8-12)11-21(2)17(10-20)15-9-14(19)6-7-16(15)18/h3-9,17H,10-11,20H2,1-2H3. The van der Waals surface area contributed by atoms with Crippen LogP contribution in [0.2, 0.25) is 0 Å². The summed E-state index contributed by atoms with van der Waals surface area (Å²) in [7, 11) is 2.01. The Kier molecular flexibility index (Phi) is 5.51. The van der Waals surface area contributed by atoms with E-state index in [0.29, 0.717) is 6.54 Å². The lowest BCUT2D eigenvalue weighted by molar-refractivity contribution is 0.240. The van der Waals surface area contributed by atoms with Crippen molar-refractivity contribution in [1.29, 1.82) is 0 Å². The van der Waals surface area contributed by atoms with Crippen LogP contribution in [0, 0.1) is 12.7 Å². The first-order valence-corrected chi connectivity index (χ1v) is 7.71. The fourth-order valence-electron chi connectivity index (χ4n) is 2.52. The van der Waals surface area contributed by atoms with Gasteiger partial charge in [0.05, 0.1) is 0 Å². The molecular weight excluding hydrogens is 331 g/mol. The van der Waals surface area contributed by atoms with Gasteiger partial charge in [-0.25, -0.2) is 4.39 Å². The maximum atomic E-state index is 13.5. The zero-order valence-electron chi connectivity index (χ0n) is 12.3. The lowest BCUT2D eigenvalue weighted by Crippen LogP contribution is -2.30. The average Bonchev–Trinajstić information content (AvgIpc) is 2.43. The summed E-state index contributed by atoms with van der Waals surface area (Å²) in [6.07, 6.45) is 0. The molecule has 1 atom stereocenters. The number of likely N-dealkylation sites (N-methyl/N-ethyl adjacent to an activating group) is 1. The van der Waals surface area contributed by atoms with Crippen LogP contribution < -0.4 is 5.73 Å². The topological polar surface area (TPSA) is 29.3 Å². The number of hydrogen-bond donors (Lipinski definition) is 1. The summed E-state index contributed by atoms with van der Waals surface area (Å²) >= 11 is 3.49. The normalized spacial score (nSPS) is 12.7. The van der Waals surface area contributed by atoms with Crippen molar-refractivity contribution >= 4 is 15.9 Å². The number of rotatable bonds is 5. The molecule has 0 spiro atoms. The zero-order chi connectivity index (χ0) is 15.4. The maximum absolute atomic E-state index is 13.5. The first-order chi connectivity index (χ1) is 10.0. The quantitative estimate of drug-likeness (QED) is 0.881. The molecule has 4 heteroatoms. The molecular formula is C17H20BrFN2. The number of benzene rings is 2. The fourth-order valence-corrected chi connectivity index (χ4v) is 3.03. The van der Waals surface area contributed by atoms with Crippen molar-refractivity contribution in [2.24, 2.45) is 5.73 Å². The minimum absolute atomic E-state index is 0.0319. The van der Waals surface area contributed by atoms with Crippen molar-refractivity contribution in [1.82, 2.24) is 4.90 Å². The summed E-state index contributed by atoms with van der Waals surface area (Å²) in [5.74, 6) is -0.240. The van der Waals surface area contributed by atoms with E-state index in [9.17, 15) is 4.39 Å². The van der Waals surface area contributed by atoms with E-state index in [4.69, 9.17) is 5.73 Å². The molecule has 2 rings (SSSR count). The second kappa shape index (κ2) is 7.16. The summed E-state index contributed by atoms with van der Waals surface area (Å²) in [5.41, 5.74) is 9.26. The second-order valence-corrected chi connectivity index (χ2v) is 6.18. The van der Waals surface area contributed by atoms with Gasteiger partial charge in [0.25, 0.3) is 0 Å². The molecule has 0 aliphatic heterocycles. The highest BCUT2D eigenvalue weighted by Crippen LogP contribution is 2.28. The predicted molar refractivity (Wildman–Crippen MR) is 88.5 cm³/mol. The Balaban J connectivity index is 2.22. The van der Waals surface area contributed by atoms with Crippen molar-refractivity contribution < 1.29 is 4.39 Å². The molecule has 2 nitrogen and oxygen atoms in total. The van der Waals surface area contributed by atoms with Crippen LogP contribution in [0.3, 0.4) is 0 Å². The molecule has 0 saturated heterocycles. The molecule has 1 unspecified atom stereocenters. The molecule has 0 amide bonds. The Labute approximate surface area is 133 Å². The molecule has 2 aromatic carbocycles. The zero-order valence-corrected chi connectivity index (χ0v) is 13.9. The average molecular weight is 351 g/mol. The SMILES string of the molecule is Cc1cccc(CN(C)C(CN)c2cc(F)ccc2Br)c1. The lowest BCUT2D eigenvalue weighted by Gasteiger charge is -2.28. The minimum Gasteiger partial charge on any atom is -0.329 e. The van der Waals surface area contributed by atoms with E-state index in [0.717, 1.165) is 16.6 Å². The number of hydrogen-bond acceptors (Lipinski definition) is 2. The fraction of sp³-hybridized carbons (Fsp3) is 0.294. The molecule has 0 fully saturated rings. The smallest absolute Gasteiger partial charge is 0.123 e. The third-order valence-corrected chi connectivity index (χ3v) is 4.31. The number of aryl methyl sites for hydroxylation is 1. The van der Waals surface area contributed by atoms with Crippen molar-refractivity contribution in [3.05, 3.63) is 69.4 Å². The Morgan fingerprint density at radius 2 is 2.00 bits per heavy atom. The van der Waals surface area contributed by atoms with Crippen LogP contribution >= 0.6 is 15.9 Å². The Bertz CT molecular complexity index is 615. The highest BCUT2D eigenvalue weighted by atomic mass is 79.9. The molecule has 112 valence electrons. The van der Waals surface area contributed by atoms with Crippen LogP contribution in [0.4, 0.5) is 4.39 Å². The maximum Gasteiger partial charge on any atom is 0.123 e. The van der Waals surface area contributed by atoms with E-state index >= 15 is 0 Å². The van der Waals surface area contributed by atoms with Gasteiger partial charge in [0.15, 0.2) is 0 Å². The summed E-state index contributed by atoms with van der Waals surface area (Å²) in [6.45, 7) is 3.28. The Morgan fingerprint density at radius 1 is 1.24 bits per heavy atom. The van der Waals surface area contributed by atoms with Gasteiger partial charge < -0.3 is 5.73 Å². The molecule has 0 aliphatic rings. The second-order valence-electron chi connectivity index (χ2n) is 5.32. The summed E-state index contributed by atoms with van der Waals surface area (Å²) in [4.78, 5) is 2.15. The van der Waals surface area contributed by atoms with Gasteiger partial charge in [-0.1, -0.05) is 45.8 Å². The highest BCUT2D eigenvalue weighted by molar-refractivity contribution is 9.10. The summed E-state index contributed by atoms with van der Waals surface area (Å²) in [6, 6.07) is 13.1. The van der Waals surface area contributed by atoms with E-state index in [1.807, 2.05) is 13.1 Å². The van der Waals surface area contributed by atoms with Gasteiger partial charge in [0.2, 0.25) is 0 Å². The minimum atomic E-state index is -0.240. The molecule has 0 bridgehead atoms. The molecule has 0 saturated carbocycles. The third-order valence-electron chi connectivity index (χ3n) is 3.59. The third kappa shape index (κ3) is 4.13. The van der Waals surface area contributed by atoms with Gasteiger partial charge in [-0.05, 0) is 43.3 Å². The molecule has 0 aliphatic carbocycles. The molecule has 0 radical (unpaired) electrons. The van der Waals surface area contributed by atoms with Crippen LogP contribution in [0.15, 0.2) is 46.9 Å². The number of nitrogens with zero attached hydrogens (tertiary/aromatic N) is 1. The largest absolute Gasteiger partial charge is 0.329 e. The first kappa shape index (κ1) is 16.1. The lowest BCUT2D eigenvalue weighted by atomic mass is 10.0. The molecule has 2 N–H and O–H groups in total. The Morgan fingerprint density at radius 3 is 2.67 bits per heavy atom. The van der Waals surface area contributed by atoms with Gasteiger partial charge in [-0.2, -0.15) is 0 Å². The van der Waals surface area contributed by atoms with Gasteiger partial charge in [0, 0.05) is 23.6 Å². The summed E-state index contributed by atoms with van der Waals surface area (Å²) in [5, 5.41) is 0. The number of halogens is 2. The van der Waals surface area contributed by atoms with Crippen molar-refractivity contribution in [2.45, 2.75) is 19.5 Å². The van der Waals surface area contributed by atoms with Crippen LogP contribution in [-0.2, 0) is 6.54 Å². The van der Waals surface area contributed by atoms with E-state index in [2.05, 4.69) is 46.0 Å². The number of nitrogens with two attached hydrogens (primary N) is 1. The molecule has 21 heavy (non-hydrogen) atoms. The monoisotopic (exact) mass is 350 g/mol. The Hall–Kier alpha value is -1.23. The predicted octanol–water partition coefficient (Wildman–Crippen LogP) is 4.03. The van der Waals surface area contributed by atoms with Crippen molar-refractivity contribution in [3.8, 4) is 0 Å². The van der Waals surface area contributed by atoms with Crippen LogP contribution in [0.5, 0.6) is 0 Å². The van der Waals surface area contributed by atoms with Crippen molar-refractivity contribution in [3.63, 3.8) is 0 Å². The molecule has 2 aromatic rings. The van der Waals surface area contributed by atoms with Gasteiger partial charge in [-0.3, -0.25) is 4.90 Å². The van der Waals surface area contributed by atoms with E-state index in [1.54, 1.807) is 12.1 Å². The van der Waals surface area contributed by atoms with Gasteiger partial charge >= 0.3 is 0 Å². The molecule has 0 aromatic heterocycles. The van der Waals surface area contributed by atoms with E-state index in [1.165, 1.54) is 17.2 Å². The van der Waals surface area contributed by atoms with Crippen LogP contribution in [0.25, 0.3) is 0 Å². The van der Waals surface area contributed by atoms with Crippen LogP contribution in [0.1, 0.15) is 22.7 Å².